The van der Waals surface area contributed by atoms with Crippen LogP contribution in [0.4, 0.5) is 0 Å². The molecule has 18 heavy (non-hydrogen) atoms. The standard InChI is InChI=1S/C14H17ClO3/c1-18-13-6-5-10(15)7-12(13)11(8-14(16)17)9-3-2-4-9/h5-7,9,11H,2-4,8H2,1H3,(H,16,17). The van der Waals surface area contributed by atoms with E-state index in [0.29, 0.717) is 10.9 Å². The third-order valence-corrected chi connectivity index (χ3v) is 3.94. The van der Waals surface area contributed by atoms with Crippen LogP contribution in [0.15, 0.2) is 18.2 Å². The van der Waals surface area contributed by atoms with Gasteiger partial charge < -0.3 is 9.84 Å². The maximum absolute atomic E-state index is 11.0. The molecule has 1 aromatic rings. The van der Waals surface area contributed by atoms with Gasteiger partial charge in [0.05, 0.1) is 13.5 Å². The van der Waals surface area contributed by atoms with Crippen LogP contribution in [0.3, 0.4) is 0 Å². The number of aliphatic carboxylic acids is 1. The lowest BCUT2D eigenvalue weighted by atomic mass is 9.71. The monoisotopic (exact) mass is 268 g/mol. The van der Waals surface area contributed by atoms with E-state index in [9.17, 15) is 4.79 Å². The number of rotatable bonds is 5. The van der Waals surface area contributed by atoms with Gasteiger partial charge in [0.25, 0.3) is 0 Å². The number of ether oxygens (including phenoxy) is 1. The van der Waals surface area contributed by atoms with Gasteiger partial charge in [0, 0.05) is 10.9 Å². The van der Waals surface area contributed by atoms with Crippen LogP contribution in [0, 0.1) is 5.92 Å². The van der Waals surface area contributed by atoms with Gasteiger partial charge in [-0.2, -0.15) is 0 Å². The Morgan fingerprint density at radius 3 is 2.78 bits per heavy atom. The third kappa shape index (κ3) is 2.78. The van der Waals surface area contributed by atoms with Gasteiger partial charge in [0.2, 0.25) is 0 Å². The van der Waals surface area contributed by atoms with E-state index in [1.165, 1.54) is 6.42 Å². The first-order chi connectivity index (χ1) is 8.61. The van der Waals surface area contributed by atoms with Gasteiger partial charge in [-0.1, -0.05) is 18.0 Å². The number of hydrogen-bond acceptors (Lipinski definition) is 2. The lowest BCUT2D eigenvalue weighted by Gasteiger charge is -2.34. The molecule has 1 aromatic carbocycles. The molecule has 3 nitrogen and oxygen atoms in total. The SMILES string of the molecule is COc1ccc(Cl)cc1C(CC(=O)O)C1CCC1. The summed E-state index contributed by atoms with van der Waals surface area (Å²) in [7, 11) is 1.60. The number of benzene rings is 1. The fourth-order valence-electron chi connectivity index (χ4n) is 2.56. The maximum Gasteiger partial charge on any atom is 0.303 e. The van der Waals surface area contributed by atoms with Gasteiger partial charge in [-0.05, 0) is 42.5 Å². The van der Waals surface area contributed by atoms with E-state index in [-0.39, 0.29) is 12.3 Å². The smallest absolute Gasteiger partial charge is 0.303 e. The van der Waals surface area contributed by atoms with E-state index in [1.54, 1.807) is 13.2 Å². The summed E-state index contributed by atoms with van der Waals surface area (Å²) in [5.74, 6) is 0.407. The zero-order chi connectivity index (χ0) is 13.1. The van der Waals surface area contributed by atoms with E-state index in [0.717, 1.165) is 24.2 Å². The molecule has 1 aliphatic rings. The summed E-state index contributed by atoms with van der Waals surface area (Å²) in [6.45, 7) is 0. The fourth-order valence-corrected chi connectivity index (χ4v) is 2.74. The molecule has 4 heteroatoms. The van der Waals surface area contributed by atoms with Crippen molar-refractivity contribution in [2.24, 2.45) is 5.92 Å². The molecule has 1 unspecified atom stereocenters. The minimum Gasteiger partial charge on any atom is -0.496 e. The van der Waals surface area contributed by atoms with Crippen LogP contribution in [-0.2, 0) is 4.79 Å². The average Bonchev–Trinajstić information content (AvgIpc) is 2.25. The van der Waals surface area contributed by atoms with E-state index < -0.39 is 5.97 Å². The lowest BCUT2D eigenvalue weighted by molar-refractivity contribution is -0.138. The van der Waals surface area contributed by atoms with Gasteiger partial charge >= 0.3 is 5.97 Å². The molecule has 0 aliphatic heterocycles. The largest absolute Gasteiger partial charge is 0.496 e. The molecule has 1 atom stereocenters. The third-order valence-electron chi connectivity index (χ3n) is 3.70. The van der Waals surface area contributed by atoms with Crippen molar-refractivity contribution in [3.63, 3.8) is 0 Å². The zero-order valence-electron chi connectivity index (χ0n) is 10.4. The molecule has 1 N–H and O–H groups in total. The minimum atomic E-state index is -0.770. The zero-order valence-corrected chi connectivity index (χ0v) is 11.1. The van der Waals surface area contributed by atoms with Crippen molar-refractivity contribution >= 4 is 17.6 Å². The second-order valence-corrected chi connectivity index (χ2v) is 5.22. The molecule has 0 aromatic heterocycles. The molecule has 0 spiro atoms. The van der Waals surface area contributed by atoms with Crippen molar-refractivity contribution < 1.29 is 14.6 Å². The van der Waals surface area contributed by atoms with E-state index in [2.05, 4.69) is 0 Å². The predicted molar refractivity (Wildman–Crippen MR) is 70.3 cm³/mol. The topological polar surface area (TPSA) is 46.5 Å². The highest BCUT2D eigenvalue weighted by atomic mass is 35.5. The van der Waals surface area contributed by atoms with Crippen LogP contribution >= 0.6 is 11.6 Å². The van der Waals surface area contributed by atoms with Crippen molar-refractivity contribution in [1.29, 1.82) is 0 Å². The predicted octanol–water partition coefficient (Wildman–Crippen LogP) is 3.71. The molecule has 0 heterocycles. The molecule has 0 bridgehead atoms. The summed E-state index contributed by atoms with van der Waals surface area (Å²) in [5.41, 5.74) is 0.928. The molecule has 0 saturated heterocycles. The maximum atomic E-state index is 11.0. The van der Waals surface area contributed by atoms with Crippen LogP contribution in [0.25, 0.3) is 0 Å². The Hall–Kier alpha value is -1.22. The highest BCUT2D eigenvalue weighted by Crippen LogP contribution is 2.44. The highest BCUT2D eigenvalue weighted by Gasteiger charge is 2.32. The number of carbonyl (C=O) groups is 1. The number of methoxy groups -OCH3 is 1. The molecule has 1 aliphatic carbocycles. The van der Waals surface area contributed by atoms with E-state index in [1.807, 2.05) is 12.1 Å². The Morgan fingerprint density at radius 2 is 2.28 bits per heavy atom. The van der Waals surface area contributed by atoms with Crippen molar-refractivity contribution in [3.05, 3.63) is 28.8 Å². The molecule has 1 saturated carbocycles. The summed E-state index contributed by atoms with van der Waals surface area (Å²) in [4.78, 5) is 11.0. The summed E-state index contributed by atoms with van der Waals surface area (Å²) in [6.07, 6.45) is 3.51. The van der Waals surface area contributed by atoms with Gasteiger partial charge in [0.1, 0.15) is 5.75 Å². The van der Waals surface area contributed by atoms with Crippen molar-refractivity contribution in [2.75, 3.05) is 7.11 Å². The molecule has 98 valence electrons. The number of carboxylic acids is 1. The Balaban J connectivity index is 2.33. The first-order valence-corrected chi connectivity index (χ1v) is 6.55. The van der Waals surface area contributed by atoms with Crippen LogP contribution in [0.1, 0.15) is 37.2 Å². The number of carboxylic acid groups (broad SMARTS) is 1. The van der Waals surface area contributed by atoms with Crippen molar-refractivity contribution in [3.8, 4) is 5.75 Å². The van der Waals surface area contributed by atoms with Crippen molar-refractivity contribution in [2.45, 2.75) is 31.6 Å². The van der Waals surface area contributed by atoms with E-state index >= 15 is 0 Å². The van der Waals surface area contributed by atoms with Crippen LogP contribution < -0.4 is 4.74 Å². The summed E-state index contributed by atoms with van der Waals surface area (Å²) in [6, 6.07) is 5.42. The van der Waals surface area contributed by atoms with E-state index in [4.69, 9.17) is 21.4 Å². The number of halogens is 1. The summed E-state index contributed by atoms with van der Waals surface area (Å²) in [5, 5.41) is 9.70. The molecular weight excluding hydrogens is 252 g/mol. The van der Waals surface area contributed by atoms with Gasteiger partial charge in [-0.3, -0.25) is 4.79 Å². The molecular formula is C14H17ClO3. The second kappa shape index (κ2) is 5.61. The van der Waals surface area contributed by atoms with Crippen molar-refractivity contribution in [1.82, 2.24) is 0 Å². The van der Waals surface area contributed by atoms with Gasteiger partial charge in [-0.25, -0.2) is 0 Å². The Bertz CT molecular complexity index is 441. The Kier molecular flexibility index (Phi) is 4.12. The van der Waals surface area contributed by atoms with Crippen LogP contribution in [-0.4, -0.2) is 18.2 Å². The molecule has 0 radical (unpaired) electrons. The fraction of sp³-hybridized carbons (Fsp3) is 0.500. The average molecular weight is 269 g/mol. The number of hydrogen-bond donors (Lipinski definition) is 1. The quantitative estimate of drug-likeness (QED) is 0.886. The first kappa shape index (κ1) is 13.2. The normalized spacial score (nSPS) is 17.0. The second-order valence-electron chi connectivity index (χ2n) is 4.78. The first-order valence-electron chi connectivity index (χ1n) is 6.17. The summed E-state index contributed by atoms with van der Waals surface area (Å²) >= 11 is 6.02. The summed E-state index contributed by atoms with van der Waals surface area (Å²) < 4.78 is 5.33. The minimum absolute atomic E-state index is 0.00454. The van der Waals surface area contributed by atoms with Gasteiger partial charge in [-0.15, -0.1) is 0 Å². The Morgan fingerprint density at radius 1 is 1.56 bits per heavy atom. The Labute approximate surface area is 112 Å². The van der Waals surface area contributed by atoms with Gasteiger partial charge in [0.15, 0.2) is 0 Å². The molecule has 2 rings (SSSR count). The molecule has 1 fully saturated rings. The van der Waals surface area contributed by atoms with Crippen LogP contribution in [0.5, 0.6) is 5.75 Å². The highest BCUT2D eigenvalue weighted by molar-refractivity contribution is 6.30. The van der Waals surface area contributed by atoms with Crippen LogP contribution in [0.2, 0.25) is 5.02 Å². The lowest BCUT2D eigenvalue weighted by Crippen LogP contribution is -2.23. The molecule has 0 amide bonds.